The van der Waals surface area contributed by atoms with Crippen molar-refractivity contribution in [3.63, 3.8) is 0 Å². The predicted octanol–water partition coefficient (Wildman–Crippen LogP) is 2.71. The molecule has 0 bridgehead atoms. The normalized spacial score (nSPS) is 10.5. The van der Waals surface area contributed by atoms with E-state index >= 15 is 0 Å². The van der Waals surface area contributed by atoms with E-state index in [1.54, 1.807) is 30.3 Å². The minimum Gasteiger partial charge on any atom is -0.490 e. The number of carbonyl (C=O) groups excluding carboxylic acids is 2. The lowest BCUT2D eigenvalue weighted by molar-refractivity contribution is -0.142. The van der Waals surface area contributed by atoms with Gasteiger partial charge < -0.3 is 14.2 Å². The van der Waals surface area contributed by atoms with Crippen molar-refractivity contribution in [3.05, 3.63) is 59.2 Å². The molecule has 0 atom stereocenters. The second kappa shape index (κ2) is 9.96. The first kappa shape index (κ1) is 20.0. The Morgan fingerprint density at radius 2 is 1.89 bits per heavy atom. The van der Waals surface area contributed by atoms with Gasteiger partial charge in [-0.05, 0) is 49.2 Å². The highest BCUT2D eigenvalue weighted by molar-refractivity contribution is 5.96. The second-order valence-electron chi connectivity index (χ2n) is 5.52. The largest absolute Gasteiger partial charge is 0.490 e. The zero-order chi connectivity index (χ0) is 19.6. The number of carbonyl (C=O) groups is 2. The topological polar surface area (TPSA) is 86.2 Å². The van der Waals surface area contributed by atoms with Gasteiger partial charge in [-0.3, -0.25) is 4.79 Å². The Kier molecular flexibility index (Phi) is 7.37. The number of hydrogen-bond acceptors (Lipinski definition) is 6. The third kappa shape index (κ3) is 5.85. The summed E-state index contributed by atoms with van der Waals surface area (Å²) in [6.07, 6.45) is 1.50. The van der Waals surface area contributed by atoms with E-state index in [4.69, 9.17) is 9.47 Å². The Bertz CT molecular complexity index is 833. The Morgan fingerprint density at radius 1 is 1.11 bits per heavy atom. The van der Waals surface area contributed by atoms with Gasteiger partial charge in [-0.2, -0.15) is 5.10 Å². The summed E-state index contributed by atoms with van der Waals surface area (Å²) < 4.78 is 15.5. The van der Waals surface area contributed by atoms with Crippen LogP contribution in [0.25, 0.3) is 0 Å². The van der Waals surface area contributed by atoms with E-state index in [-0.39, 0.29) is 12.5 Å². The van der Waals surface area contributed by atoms with E-state index in [9.17, 15) is 9.59 Å². The van der Waals surface area contributed by atoms with Gasteiger partial charge in [0.15, 0.2) is 18.1 Å². The number of benzene rings is 2. The molecule has 7 heteroatoms. The molecule has 0 unspecified atom stereocenters. The fourth-order valence-electron chi connectivity index (χ4n) is 2.24. The number of hydrazone groups is 1. The Morgan fingerprint density at radius 3 is 2.59 bits per heavy atom. The number of rotatable bonds is 8. The number of nitrogens with zero attached hydrogens (tertiary/aromatic N) is 1. The monoisotopic (exact) mass is 370 g/mol. The number of esters is 1. The number of amides is 1. The average Bonchev–Trinajstić information content (AvgIpc) is 2.67. The zero-order valence-electron chi connectivity index (χ0n) is 15.5. The molecule has 0 saturated carbocycles. The van der Waals surface area contributed by atoms with Gasteiger partial charge in [-0.1, -0.05) is 18.2 Å². The lowest BCUT2D eigenvalue weighted by Crippen LogP contribution is -2.18. The van der Waals surface area contributed by atoms with Crippen molar-refractivity contribution in [3.8, 4) is 11.5 Å². The van der Waals surface area contributed by atoms with E-state index in [1.807, 2.05) is 26.0 Å². The molecule has 27 heavy (non-hydrogen) atoms. The SMILES string of the molecule is CCOc1cc(/C=N\NC(=O)c2ccccc2C)ccc1OCC(=O)OC. The molecular weight excluding hydrogens is 348 g/mol. The minimum atomic E-state index is -0.484. The van der Waals surface area contributed by atoms with E-state index in [0.717, 1.165) is 5.56 Å². The van der Waals surface area contributed by atoms with Crippen LogP contribution in [0.5, 0.6) is 11.5 Å². The van der Waals surface area contributed by atoms with Crippen molar-refractivity contribution < 1.29 is 23.8 Å². The minimum absolute atomic E-state index is 0.212. The molecule has 1 amide bonds. The summed E-state index contributed by atoms with van der Waals surface area (Å²) in [5.74, 6) is 0.119. The molecular formula is C20H22N2O5. The molecule has 0 heterocycles. The van der Waals surface area contributed by atoms with E-state index < -0.39 is 5.97 Å². The summed E-state index contributed by atoms with van der Waals surface area (Å²) in [6.45, 7) is 3.92. The molecule has 0 radical (unpaired) electrons. The first-order chi connectivity index (χ1) is 13.0. The maximum atomic E-state index is 12.1. The van der Waals surface area contributed by atoms with Crippen LogP contribution in [-0.4, -0.2) is 38.4 Å². The standard InChI is InChI=1S/C20H22N2O5/c1-4-26-18-11-15(9-10-17(18)27-13-19(23)25-3)12-21-22-20(24)16-8-6-5-7-14(16)2/h5-12H,4,13H2,1-3H3,(H,22,24)/b21-12-. The Labute approximate surface area is 157 Å². The Hall–Kier alpha value is -3.35. The fraction of sp³-hybridized carbons (Fsp3) is 0.250. The second-order valence-corrected chi connectivity index (χ2v) is 5.52. The highest BCUT2D eigenvalue weighted by Crippen LogP contribution is 2.28. The van der Waals surface area contributed by atoms with Gasteiger partial charge in [-0.25, -0.2) is 10.2 Å². The van der Waals surface area contributed by atoms with Crippen LogP contribution in [0.2, 0.25) is 0 Å². The fourth-order valence-corrected chi connectivity index (χ4v) is 2.24. The van der Waals surface area contributed by atoms with E-state index in [0.29, 0.717) is 29.2 Å². The Balaban J connectivity index is 2.06. The highest BCUT2D eigenvalue weighted by atomic mass is 16.6. The highest BCUT2D eigenvalue weighted by Gasteiger charge is 2.09. The van der Waals surface area contributed by atoms with Crippen molar-refractivity contribution in [2.24, 2.45) is 5.10 Å². The molecule has 2 aromatic rings. The molecule has 1 N–H and O–H groups in total. The summed E-state index contributed by atoms with van der Waals surface area (Å²) in [5, 5.41) is 3.98. The quantitative estimate of drug-likeness (QED) is 0.439. The predicted molar refractivity (Wildman–Crippen MR) is 101 cm³/mol. The lowest BCUT2D eigenvalue weighted by atomic mass is 10.1. The van der Waals surface area contributed by atoms with Crippen LogP contribution in [-0.2, 0) is 9.53 Å². The molecule has 0 fully saturated rings. The molecule has 0 aliphatic rings. The van der Waals surface area contributed by atoms with Crippen LogP contribution in [0.4, 0.5) is 0 Å². The number of nitrogens with one attached hydrogen (secondary N) is 1. The van der Waals surface area contributed by atoms with Crippen LogP contribution in [0.1, 0.15) is 28.4 Å². The summed E-state index contributed by atoms with van der Waals surface area (Å²) in [5.41, 5.74) is 4.64. The molecule has 0 aliphatic carbocycles. The first-order valence-corrected chi connectivity index (χ1v) is 8.40. The first-order valence-electron chi connectivity index (χ1n) is 8.40. The molecule has 7 nitrogen and oxygen atoms in total. The van der Waals surface area contributed by atoms with E-state index in [2.05, 4.69) is 15.3 Å². The molecule has 2 aromatic carbocycles. The van der Waals surface area contributed by atoms with Gasteiger partial charge in [0.1, 0.15) is 0 Å². The van der Waals surface area contributed by atoms with Gasteiger partial charge in [0, 0.05) is 5.56 Å². The van der Waals surface area contributed by atoms with Crippen molar-refractivity contribution in [1.82, 2.24) is 5.43 Å². The summed E-state index contributed by atoms with van der Waals surface area (Å²) in [7, 11) is 1.29. The number of methoxy groups -OCH3 is 1. The van der Waals surface area contributed by atoms with Crippen LogP contribution >= 0.6 is 0 Å². The van der Waals surface area contributed by atoms with Crippen LogP contribution in [0.15, 0.2) is 47.6 Å². The number of ether oxygens (including phenoxy) is 3. The summed E-state index contributed by atoms with van der Waals surface area (Å²) >= 11 is 0. The maximum Gasteiger partial charge on any atom is 0.343 e. The van der Waals surface area contributed by atoms with Crippen LogP contribution in [0, 0.1) is 6.92 Å². The molecule has 0 aliphatic heterocycles. The van der Waals surface area contributed by atoms with Crippen molar-refractivity contribution >= 4 is 18.1 Å². The molecule has 142 valence electrons. The van der Waals surface area contributed by atoms with Crippen molar-refractivity contribution in [2.75, 3.05) is 20.3 Å². The third-order valence-corrected chi connectivity index (χ3v) is 3.61. The summed E-state index contributed by atoms with van der Waals surface area (Å²) in [6, 6.07) is 12.4. The van der Waals surface area contributed by atoms with Crippen molar-refractivity contribution in [2.45, 2.75) is 13.8 Å². The smallest absolute Gasteiger partial charge is 0.343 e. The molecule has 0 spiro atoms. The average molecular weight is 370 g/mol. The maximum absolute atomic E-state index is 12.1. The lowest BCUT2D eigenvalue weighted by Gasteiger charge is -2.11. The zero-order valence-corrected chi connectivity index (χ0v) is 15.5. The van der Waals surface area contributed by atoms with Crippen molar-refractivity contribution in [1.29, 1.82) is 0 Å². The summed E-state index contributed by atoms with van der Waals surface area (Å²) in [4.78, 5) is 23.4. The molecule has 2 rings (SSSR count). The number of aryl methyl sites for hydroxylation is 1. The van der Waals surface area contributed by atoms with Crippen LogP contribution < -0.4 is 14.9 Å². The van der Waals surface area contributed by atoms with Gasteiger partial charge >= 0.3 is 5.97 Å². The third-order valence-electron chi connectivity index (χ3n) is 3.61. The van der Waals surface area contributed by atoms with Gasteiger partial charge in [0.25, 0.3) is 5.91 Å². The molecule has 0 aromatic heterocycles. The van der Waals surface area contributed by atoms with Gasteiger partial charge in [0.05, 0.1) is 19.9 Å². The van der Waals surface area contributed by atoms with Gasteiger partial charge in [0.2, 0.25) is 0 Å². The number of hydrogen-bond donors (Lipinski definition) is 1. The van der Waals surface area contributed by atoms with E-state index in [1.165, 1.54) is 13.3 Å². The molecule has 0 saturated heterocycles. The van der Waals surface area contributed by atoms with Crippen LogP contribution in [0.3, 0.4) is 0 Å². The van der Waals surface area contributed by atoms with Gasteiger partial charge in [-0.15, -0.1) is 0 Å².